The largest absolute Gasteiger partial charge is 0.366 e. The van der Waals surface area contributed by atoms with Crippen molar-refractivity contribution in [2.75, 3.05) is 13.2 Å². The van der Waals surface area contributed by atoms with Gasteiger partial charge >= 0.3 is 0 Å². The Morgan fingerprint density at radius 3 is 2.95 bits per heavy atom. The van der Waals surface area contributed by atoms with Crippen LogP contribution in [0.3, 0.4) is 0 Å². The lowest BCUT2D eigenvalue weighted by Crippen LogP contribution is -2.45. The molecule has 2 aliphatic rings. The van der Waals surface area contributed by atoms with Gasteiger partial charge in [-0.2, -0.15) is 0 Å². The van der Waals surface area contributed by atoms with Crippen molar-refractivity contribution in [1.29, 1.82) is 0 Å². The fourth-order valence-corrected chi connectivity index (χ4v) is 3.13. The number of ether oxygens (including phenoxy) is 1. The fraction of sp³-hybridized carbons (Fsp3) is 0.733. The summed E-state index contributed by atoms with van der Waals surface area (Å²) in [6.07, 6.45) is 9.26. The molecule has 3 rings (SSSR count). The second kappa shape index (κ2) is 5.95. The highest BCUT2D eigenvalue weighted by Gasteiger charge is 2.25. The molecule has 0 bridgehead atoms. The van der Waals surface area contributed by atoms with Crippen LogP contribution in [0.5, 0.6) is 0 Å². The van der Waals surface area contributed by atoms with E-state index < -0.39 is 0 Å². The second-order valence-corrected chi connectivity index (χ2v) is 6.08. The predicted molar refractivity (Wildman–Crippen MR) is 75.3 cm³/mol. The Morgan fingerprint density at radius 1 is 1.40 bits per heavy atom. The minimum Gasteiger partial charge on any atom is -0.366 e. The maximum Gasteiger partial charge on any atom is 0.249 e. The molecule has 5 heteroatoms. The Bertz CT molecular complexity index is 463. The number of carbonyl (C=O) groups excluding carboxylic acids is 1. The molecule has 1 aromatic rings. The molecule has 1 unspecified atom stereocenters. The summed E-state index contributed by atoms with van der Waals surface area (Å²) in [5.74, 6) is 0.839. The molecular weight excluding hydrogens is 254 g/mol. The lowest BCUT2D eigenvalue weighted by Gasteiger charge is -2.27. The molecule has 1 aliphatic heterocycles. The van der Waals surface area contributed by atoms with Gasteiger partial charge in [0.25, 0.3) is 0 Å². The zero-order valence-corrected chi connectivity index (χ0v) is 12.0. The molecule has 5 nitrogen and oxygen atoms in total. The first-order valence-electron chi connectivity index (χ1n) is 7.64. The van der Waals surface area contributed by atoms with Gasteiger partial charge in [0.1, 0.15) is 6.10 Å². The maximum atomic E-state index is 11.7. The number of hydrogen-bond acceptors (Lipinski definition) is 3. The van der Waals surface area contributed by atoms with Crippen molar-refractivity contribution in [3.05, 3.63) is 18.2 Å². The van der Waals surface area contributed by atoms with Crippen LogP contribution >= 0.6 is 0 Å². The number of imidazole rings is 1. The summed E-state index contributed by atoms with van der Waals surface area (Å²) in [5.41, 5.74) is 0.950. The molecule has 0 aromatic carbocycles. The minimum absolute atomic E-state index is 0.0164. The number of carbonyl (C=O) groups is 1. The number of amides is 1. The molecule has 2 heterocycles. The van der Waals surface area contributed by atoms with Crippen molar-refractivity contribution in [3.8, 4) is 0 Å². The summed E-state index contributed by atoms with van der Waals surface area (Å²) >= 11 is 0. The van der Waals surface area contributed by atoms with Crippen LogP contribution in [0.2, 0.25) is 0 Å². The van der Waals surface area contributed by atoms with Gasteiger partial charge in [-0.05, 0) is 31.6 Å². The normalized spacial score (nSPS) is 31.1. The highest BCUT2D eigenvalue weighted by molar-refractivity contribution is 5.81. The van der Waals surface area contributed by atoms with Gasteiger partial charge < -0.3 is 14.6 Å². The van der Waals surface area contributed by atoms with E-state index in [1.165, 1.54) is 25.7 Å². The Hall–Kier alpha value is -1.36. The van der Waals surface area contributed by atoms with Crippen molar-refractivity contribution >= 4 is 5.91 Å². The molecule has 2 fully saturated rings. The van der Waals surface area contributed by atoms with Gasteiger partial charge in [-0.1, -0.05) is 6.92 Å². The summed E-state index contributed by atoms with van der Waals surface area (Å²) in [6, 6.07) is 0.577. The standard InChI is InChI=1S/C15H23N3O2/c1-11-2-4-13(5-3-11)18-9-12(17-10-18)8-14-15(19)16-6-7-20-14/h9-11,13-14H,2-8H2,1H3,(H,16,19). The molecule has 1 atom stereocenters. The van der Waals surface area contributed by atoms with Crippen molar-refractivity contribution in [3.63, 3.8) is 0 Å². The molecule has 1 amide bonds. The minimum atomic E-state index is -0.376. The van der Waals surface area contributed by atoms with E-state index in [-0.39, 0.29) is 12.0 Å². The molecular formula is C15H23N3O2. The molecule has 1 saturated heterocycles. The topological polar surface area (TPSA) is 56.1 Å². The first-order chi connectivity index (χ1) is 9.72. The third-order valence-corrected chi connectivity index (χ3v) is 4.47. The van der Waals surface area contributed by atoms with Gasteiger partial charge in [0.05, 0.1) is 18.6 Å². The quantitative estimate of drug-likeness (QED) is 0.914. The zero-order valence-electron chi connectivity index (χ0n) is 12.0. The van der Waals surface area contributed by atoms with Crippen molar-refractivity contribution < 1.29 is 9.53 Å². The van der Waals surface area contributed by atoms with Gasteiger partial charge in [-0.3, -0.25) is 4.79 Å². The first kappa shape index (κ1) is 13.6. The smallest absolute Gasteiger partial charge is 0.249 e. The molecule has 110 valence electrons. The highest BCUT2D eigenvalue weighted by atomic mass is 16.5. The number of aromatic nitrogens is 2. The van der Waals surface area contributed by atoms with Gasteiger partial charge in [0.2, 0.25) is 5.91 Å². The average molecular weight is 277 g/mol. The van der Waals surface area contributed by atoms with Gasteiger partial charge in [-0.15, -0.1) is 0 Å². The van der Waals surface area contributed by atoms with Crippen LogP contribution in [0, 0.1) is 5.92 Å². The van der Waals surface area contributed by atoms with Crippen LogP contribution in [0.1, 0.15) is 44.3 Å². The number of morpholine rings is 1. The van der Waals surface area contributed by atoms with E-state index in [1.54, 1.807) is 0 Å². The van der Waals surface area contributed by atoms with E-state index in [0.717, 1.165) is 11.6 Å². The molecule has 0 spiro atoms. The van der Waals surface area contributed by atoms with Gasteiger partial charge in [0, 0.05) is 25.2 Å². The molecule has 1 aliphatic carbocycles. The third kappa shape index (κ3) is 3.03. The predicted octanol–water partition coefficient (Wildman–Crippen LogP) is 1.69. The van der Waals surface area contributed by atoms with Crippen molar-refractivity contribution in [2.45, 2.75) is 51.2 Å². The lowest BCUT2D eigenvalue weighted by atomic mass is 9.87. The van der Waals surface area contributed by atoms with E-state index in [0.29, 0.717) is 25.6 Å². The fourth-order valence-electron chi connectivity index (χ4n) is 3.13. The van der Waals surface area contributed by atoms with Crippen molar-refractivity contribution in [1.82, 2.24) is 14.9 Å². The van der Waals surface area contributed by atoms with Crippen LogP contribution in [0.25, 0.3) is 0 Å². The Kier molecular flexibility index (Phi) is 4.05. The molecule has 0 radical (unpaired) electrons. The number of hydrogen-bond donors (Lipinski definition) is 1. The second-order valence-electron chi connectivity index (χ2n) is 6.08. The van der Waals surface area contributed by atoms with E-state index in [2.05, 4.69) is 28.0 Å². The van der Waals surface area contributed by atoms with E-state index in [4.69, 9.17) is 4.74 Å². The summed E-state index contributed by atoms with van der Waals surface area (Å²) < 4.78 is 7.73. The lowest BCUT2D eigenvalue weighted by molar-refractivity contribution is -0.137. The highest BCUT2D eigenvalue weighted by Crippen LogP contribution is 2.31. The van der Waals surface area contributed by atoms with Gasteiger partial charge in [-0.25, -0.2) is 4.98 Å². The van der Waals surface area contributed by atoms with Crippen LogP contribution in [0.15, 0.2) is 12.5 Å². The SMILES string of the molecule is CC1CCC(n2cnc(CC3OCCNC3=O)c2)CC1. The Labute approximate surface area is 119 Å². The monoisotopic (exact) mass is 277 g/mol. The molecule has 1 aromatic heterocycles. The number of rotatable bonds is 3. The van der Waals surface area contributed by atoms with E-state index >= 15 is 0 Å². The van der Waals surface area contributed by atoms with E-state index in [9.17, 15) is 4.79 Å². The van der Waals surface area contributed by atoms with Crippen LogP contribution in [-0.4, -0.2) is 34.7 Å². The van der Waals surface area contributed by atoms with Crippen LogP contribution in [0.4, 0.5) is 0 Å². The molecule has 1 N–H and O–H groups in total. The molecule has 1 saturated carbocycles. The van der Waals surface area contributed by atoms with E-state index in [1.807, 2.05) is 6.33 Å². The molecule has 20 heavy (non-hydrogen) atoms. The average Bonchev–Trinajstić information content (AvgIpc) is 2.91. The van der Waals surface area contributed by atoms with Crippen LogP contribution < -0.4 is 5.32 Å². The van der Waals surface area contributed by atoms with Crippen LogP contribution in [-0.2, 0) is 16.0 Å². The number of nitrogens with zero attached hydrogens (tertiary/aromatic N) is 2. The van der Waals surface area contributed by atoms with Crippen molar-refractivity contribution in [2.24, 2.45) is 5.92 Å². The zero-order chi connectivity index (χ0) is 13.9. The summed E-state index contributed by atoms with van der Waals surface area (Å²) in [6.45, 7) is 3.54. The summed E-state index contributed by atoms with van der Waals surface area (Å²) in [4.78, 5) is 16.1. The Morgan fingerprint density at radius 2 is 2.20 bits per heavy atom. The maximum absolute atomic E-state index is 11.7. The third-order valence-electron chi connectivity index (χ3n) is 4.47. The first-order valence-corrected chi connectivity index (χ1v) is 7.64. The summed E-state index contributed by atoms with van der Waals surface area (Å²) in [7, 11) is 0. The van der Waals surface area contributed by atoms with Gasteiger partial charge in [0.15, 0.2) is 0 Å². The summed E-state index contributed by atoms with van der Waals surface area (Å²) in [5, 5.41) is 2.83. The Balaban J connectivity index is 1.60. The number of nitrogens with one attached hydrogen (secondary N) is 1.